The van der Waals surface area contributed by atoms with Crippen molar-refractivity contribution in [3.63, 3.8) is 0 Å². The molecule has 1 aromatic heterocycles. The van der Waals surface area contributed by atoms with Crippen molar-refractivity contribution in [1.82, 2.24) is 25.5 Å². The molecular formula is C16H24N6O2. The number of H-pyrrole nitrogens is 1. The number of aromatic nitrogens is 4. The van der Waals surface area contributed by atoms with Crippen LogP contribution in [0.15, 0.2) is 12.2 Å². The molecule has 0 aliphatic heterocycles. The Labute approximate surface area is 140 Å². The summed E-state index contributed by atoms with van der Waals surface area (Å²) in [6.07, 6.45) is 8.15. The van der Waals surface area contributed by atoms with Gasteiger partial charge in [0.05, 0.1) is 0 Å². The molecule has 0 saturated heterocycles. The summed E-state index contributed by atoms with van der Waals surface area (Å²) in [6.45, 7) is 0.859. The van der Waals surface area contributed by atoms with Crippen LogP contribution in [0.2, 0.25) is 0 Å². The lowest BCUT2D eigenvalue weighted by Gasteiger charge is -2.60. The van der Waals surface area contributed by atoms with Gasteiger partial charge in [-0.3, -0.25) is 0 Å². The lowest BCUT2D eigenvalue weighted by atomic mass is 9.47. The number of nitrogens with zero attached hydrogens (tertiary/aromatic N) is 4. The molecule has 0 radical (unpaired) electrons. The van der Waals surface area contributed by atoms with Crippen molar-refractivity contribution >= 4 is 6.09 Å². The molecule has 4 aliphatic carbocycles. The first-order chi connectivity index (χ1) is 11.6. The Balaban J connectivity index is 1.60. The maximum absolute atomic E-state index is 11.8. The molecule has 1 amide bonds. The lowest BCUT2D eigenvalue weighted by molar-refractivity contribution is -0.0730. The van der Waals surface area contributed by atoms with Gasteiger partial charge in [0.15, 0.2) is 5.82 Å². The summed E-state index contributed by atoms with van der Waals surface area (Å²) in [6, 6.07) is 0.0986. The average Bonchev–Trinajstić information content (AvgIpc) is 3.07. The summed E-state index contributed by atoms with van der Waals surface area (Å²) >= 11 is 0. The van der Waals surface area contributed by atoms with Crippen LogP contribution < -0.4 is 5.73 Å². The highest BCUT2D eigenvalue weighted by molar-refractivity contribution is 5.66. The second-order valence-corrected chi connectivity index (χ2v) is 7.62. The molecule has 0 aromatic carbocycles. The predicted octanol–water partition coefficient (Wildman–Crippen LogP) is 1.14. The highest BCUT2D eigenvalue weighted by Gasteiger charge is 2.59. The minimum atomic E-state index is -0.831. The quantitative estimate of drug-likeness (QED) is 0.695. The van der Waals surface area contributed by atoms with E-state index in [2.05, 4.69) is 20.6 Å². The van der Waals surface area contributed by atoms with Crippen LogP contribution in [0.25, 0.3) is 0 Å². The van der Waals surface area contributed by atoms with E-state index in [1.165, 1.54) is 0 Å². The number of carbonyl (C=O) groups is 1. The molecule has 8 heteroatoms. The number of nitrogens with one attached hydrogen (secondary N) is 1. The van der Waals surface area contributed by atoms with Crippen LogP contribution in [-0.2, 0) is 5.41 Å². The number of amides is 1. The fourth-order valence-electron chi connectivity index (χ4n) is 5.78. The zero-order valence-corrected chi connectivity index (χ0v) is 13.6. The molecule has 130 valence electrons. The fourth-order valence-corrected chi connectivity index (χ4v) is 5.78. The molecule has 4 aliphatic rings. The molecule has 5 atom stereocenters. The molecular weight excluding hydrogens is 308 g/mol. The third kappa shape index (κ3) is 2.40. The topological polar surface area (TPSA) is 121 Å². The smallest absolute Gasteiger partial charge is 0.407 e. The van der Waals surface area contributed by atoms with Crippen LogP contribution in [0.1, 0.15) is 37.9 Å². The van der Waals surface area contributed by atoms with E-state index in [1.807, 2.05) is 12.2 Å². The summed E-state index contributed by atoms with van der Waals surface area (Å²) in [7, 11) is 0. The Kier molecular flexibility index (Phi) is 3.79. The van der Waals surface area contributed by atoms with E-state index in [0.717, 1.165) is 37.9 Å². The number of nitrogens with two attached hydrogens (primary N) is 1. The van der Waals surface area contributed by atoms with Crippen molar-refractivity contribution in [3.05, 3.63) is 18.0 Å². The molecule has 1 aromatic rings. The highest BCUT2D eigenvalue weighted by Crippen LogP contribution is 2.61. The van der Waals surface area contributed by atoms with E-state index in [4.69, 9.17) is 5.73 Å². The second kappa shape index (κ2) is 5.84. The number of aromatic amines is 1. The van der Waals surface area contributed by atoms with Gasteiger partial charge in [-0.2, -0.15) is 5.21 Å². The first-order valence-electron chi connectivity index (χ1n) is 8.71. The zero-order chi connectivity index (χ0) is 16.7. The molecule has 24 heavy (non-hydrogen) atoms. The molecule has 0 unspecified atom stereocenters. The van der Waals surface area contributed by atoms with E-state index < -0.39 is 6.09 Å². The molecule has 4 saturated carbocycles. The van der Waals surface area contributed by atoms with Gasteiger partial charge in [-0.25, -0.2) is 4.79 Å². The van der Waals surface area contributed by atoms with Gasteiger partial charge in [0.2, 0.25) is 0 Å². The van der Waals surface area contributed by atoms with Gasteiger partial charge in [0.25, 0.3) is 0 Å². The average molecular weight is 332 g/mol. The Morgan fingerprint density at radius 1 is 1.33 bits per heavy atom. The normalized spacial score (nSPS) is 37.2. The van der Waals surface area contributed by atoms with Crippen molar-refractivity contribution in [2.75, 3.05) is 13.1 Å². The summed E-state index contributed by atoms with van der Waals surface area (Å²) in [4.78, 5) is 13.5. The zero-order valence-electron chi connectivity index (χ0n) is 13.6. The summed E-state index contributed by atoms with van der Waals surface area (Å²) in [5.41, 5.74) is 5.48. The Bertz CT molecular complexity index is 615. The van der Waals surface area contributed by atoms with Crippen LogP contribution >= 0.6 is 0 Å². The third-order valence-electron chi connectivity index (χ3n) is 6.25. The van der Waals surface area contributed by atoms with Crippen molar-refractivity contribution in [3.8, 4) is 0 Å². The molecule has 4 fully saturated rings. The number of tetrazole rings is 1. The number of hydrogen-bond donors (Lipinski definition) is 3. The monoisotopic (exact) mass is 332 g/mol. The largest absolute Gasteiger partial charge is 0.465 e. The van der Waals surface area contributed by atoms with Gasteiger partial charge < -0.3 is 15.7 Å². The van der Waals surface area contributed by atoms with Crippen LogP contribution in [0.5, 0.6) is 0 Å². The van der Waals surface area contributed by atoms with Gasteiger partial charge in [-0.05, 0) is 49.9 Å². The summed E-state index contributed by atoms with van der Waals surface area (Å²) in [5, 5.41) is 24.6. The van der Waals surface area contributed by atoms with Crippen LogP contribution in [-0.4, -0.2) is 55.9 Å². The first kappa shape index (κ1) is 15.6. The molecule has 4 bridgehead atoms. The van der Waals surface area contributed by atoms with Gasteiger partial charge in [-0.1, -0.05) is 17.4 Å². The molecule has 4 N–H and O–H groups in total. The van der Waals surface area contributed by atoms with Crippen molar-refractivity contribution in [2.24, 2.45) is 23.5 Å². The highest BCUT2D eigenvalue weighted by atomic mass is 16.4. The number of carboxylic acid groups (broad SMARTS) is 1. The van der Waals surface area contributed by atoms with Gasteiger partial charge in [0.1, 0.15) is 0 Å². The van der Waals surface area contributed by atoms with Crippen molar-refractivity contribution in [1.29, 1.82) is 0 Å². The summed E-state index contributed by atoms with van der Waals surface area (Å²) < 4.78 is 0. The maximum Gasteiger partial charge on any atom is 0.407 e. The van der Waals surface area contributed by atoms with Crippen molar-refractivity contribution in [2.45, 2.75) is 43.6 Å². The Morgan fingerprint density at radius 2 is 2.08 bits per heavy atom. The van der Waals surface area contributed by atoms with E-state index in [0.29, 0.717) is 30.8 Å². The van der Waals surface area contributed by atoms with E-state index in [1.54, 1.807) is 4.90 Å². The minimum absolute atomic E-state index is 0.00271. The molecule has 1 heterocycles. The summed E-state index contributed by atoms with van der Waals surface area (Å²) in [5.74, 6) is 2.26. The predicted molar refractivity (Wildman–Crippen MR) is 86.1 cm³/mol. The fraction of sp³-hybridized carbons (Fsp3) is 0.750. The van der Waals surface area contributed by atoms with Gasteiger partial charge in [-0.15, -0.1) is 10.2 Å². The lowest BCUT2D eigenvalue weighted by Crippen LogP contribution is -2.61. The standard InChI is InChI=1S/C16H24N6O2/c17-3-1-2-4-22(15(23)24)13-11-5-10-6-12(13)9-16(7-10,8-11)14-18-20-21-19-14/h1-2,10-13H,3-9,17H2,(H,23,24)(H,18,19,20,21)/b2-1+/t10-,11-,12+,13-,16-. The van der Waals surface area contributed by atoms with Gasteiger partial charge in [0, 0.05) is 24.5 Å². The van der Waals surface area contributed by atoms with Crippen LogP contribution in [0, 0.1) is 17.8 Å². The maximum atomic E-state index is 11.8. The minimum Gasteiger partial charge on any atom is -0.465 e. The molecule has 5 rings (SSSR count). The van der Waals surface area contributed by atoms with Gasteiger partial charge >= 0.3 is 6.09 Å². The number of hydrogen-bond acceptors (Lipinski definition) is 5. The SMILES string of the molecule is NC/C=C/CN(C(=O)O)[C@@H]1[C@@H]2C[C@@H]3C[C@H]1C[C@@](c1nn[nH]n1)(C3)C2. The molecule has 8 nitrogen and oxygen atoms in total. The van der Waals surface area contributed by atoms with Crippen LogP contribution in [0.4, 0.5) is 4.79 Å². The van der Waals surface area contributed by atoms with E-state index in [9.17, 15) is 9.90 Å². The van der Waals surface area contributed by atoms with E-state index in [-0.39, 0.29) is 11.5 Å². The van der Waals surface area contributed by atoms with Crippen LogP contribution in [0.3, 0.4) is 0 Å². The Hall–Kier alpha value is -1.96. The Morgan fingerprint density at radius 3 is 2.67 bits per heavy atom. The van der Waals surface area contributed by atoms with Crippen molar-refractivity contribution < 1.29 is 9.90 Å². The first-order valence-corrected chi connectivity index (χ1v) is 8.71. The third-order valence-corrected chi connectivity index (χ3v) is 6.25. The second-order valence-electron chi connectivity index (χ2n) is 7.62. The molecule has 0 spiro atoms. The number of rotatable bonds is 5. The van der Waals surface area contributed by atoms with E-state index >= 15 is 0 Å².